The van der Waals surface area contributed by atoms with Crippen molar-refractivity contribution in [2.24, 2.45) is 0 Å². The van der Waals surface area contributed by atoms with Crippen LogP contribution < -0.4 is 5.32 Å². The second kappa shape index (κ2) is 8.39. The lowest BCUT2D eigenvalue weighted by Crippen LogP contribution is -2.23. The summed E-state index contributed by atoms with van der Waals surface area (Å²) < 4.78 is 10.3. The molecule has 0 fully saturated rings. The molecule has 7 heteroatoms. The molecule has 0 atom stereocenters. The molecule has 0 saturated carbocycles. The highest BCUT2D eigenvalue weighted by Gasteiger charge is 2.08. The SMILES string of the molecule is C=C(C[N+](=O)[O-])NCCC[SiH](OC)OC. The molecule has 0 aliphatic carbocycles. The van der Waals surface area contributed by atoms with Crippen LogP contribution >= 0.6 is 0 Å². The molecule has 0 aromatic heterocycles. The third kappa shape index (κ3) is 8.10. The molecule has 0 saturated heterocycles. The zero-order valence-electron chi connectivity index (χ0n) is 9.19. The van der Waals surface area contributed by atoms with Crippen LogP contribution in [0.2, 0.25) is 6.04 Å². The summed E-state index contributed by atoms with van der Waals surface area (Å²) in [4.78, 5) is 9.71. The minimum atomic E-state index is -1.49. The fourth-order valence-corrected chi connectivity index (χ4v) is 2.28. The molecule has 0 aliphatic heterocycles. The van der Waals surface area contributed by atoms with Crippen molar-refractivity contribution in [1.82, 2.24) is 5.32 Å². The van der Waals surface area contributed by atoms with Crippen LogP contribution in [-0.2, 0) is 8.85 Å². The van der Waals surface area contributed by atoms with Crippen LogP contribution in [0.3, 0.4) is 0 Å². The Balaban J connectivity index is 3.45. The molecule has 0 radical (unpaired) electrons. The van der Waals surface area contributed by atoms with E-state index in [0.29, 0.717) is 12.2 Å². The maximum absolute atomic E-state index is 10.1. The zero-order valence-corrected chi connectivity index (χ0v) is 10.3. The van der Waals surface area contributed by atoms with Crippen LogP contribution in [0.5, 0.6) is 0 Å². The number of hydrogen-bond donors (Lipinski definition) is 1. The van der Waals surface area contributed by atoms with Crippen molar-refractivity contribution in [1.29, 1.82) is 0 Å². The van der Waals surface area contributed by atoms with Crippen LogP contribution in [0.1, 0.15) is 6.42 Å². The lowest BCUT2D eigenvalue weighted by Gasteiger charge is -2.11. The van der Waals surface area contributed by atoms with E-state index >= 15 is 0 Å². The van der Waals surface area contributed by atoms with Gasteiger partial charge in [-0.2, -0.15) is 0 Å². The summed E-state index contributed by atoms with van der Waals surface area (Å²) in [6.07, 6.45) is 0.870. The first-order chi connectivity index (χ1) is 7.10. The molecule has 0 unspecified atom stereocenters. The van der Waals surface area contributed by atoms with Gasteiger partial charge in [0.1, 0.15) is 0 Å². The summed E-state index contributed by atoms with van der Waals surface area (Å²) in [7, 11) is 1.79. The highest BCUT2D eigenvalue weighted by Crippen LogP contribution is 1.98. The van der Waals surface area contributed by atoms with E-state index in [0.717, 1.165) is 12.5 Å². The van der Waals surface area contributed by atoms with Crippen molar-refractivity contribution in [3.63, 3.8) is 0 Å². The molecule has 0 aromatic rings. The fraction of sp³-hybridized carbons (Fsp3) is 0.750. The standard InChI is InChI=1S/C8H18N2O4Si/c1-8(7-10(11)12)9-5-4-6-15(13-2)14-3/h9,15H,1,4-7H2,2-3H3. The minimum absolute atomic E-state index is 0.227. The molecular formula is C8H18N2O4Si. The molecule has 88 valence electrons. The van der Waals surface area contributed by atoms with Gasteiger partial charge in [0, 0.05) is 25.7 Å². The number of hydrogen-bond acceptors (Lipinski definition) is 5. The van der Waals surface area contributed by atoms with E-state index in [4.69, 9.17) is 8.85 Å². The second-order valence-corrected chi connectivity index (χ2v) is 5.44. The summed E-state index contributed by atoms with van der Waals surface area (Å²) in [5, 5.41) is 13.0. The van der Waals surface area contributed by atoms with Crippen LogP contribution in [0, 0.1) is 10.1 Å². The first kappa shape index (κ1) is 14.1. The van der Waals surface area contributed by atoms with Crippen molar-refractivity contribution in [3.05, 3.63) is 22.4 Å². The highest BCUT2D eigenvalue weighted by atomic mass is 28.3. The van der Waals surface area contributed by atoms with Gasteiger partial charge in [-0.25, -0.2) is 0 Å². The topological polar surface area (TPSA) is 73.6 Å². The second-order valence-electron chi connectivity index (χ2n) is 3.06. The smallest absolute Gasteiger partial charge is 0.320 e. The molecule has 1 N–H and O–H groups in total. The first-order valence-corrected chi connectivity index (χ1v) is 6.45. The Morgan fingerprint density at radius 2 is 2.13 bits per heavy atom. The van der Waals surface area contributed by atoms with Gasteiger partial charge in [0.2, 0.25) is 6.54 Å². The maximum atomic E-state index is 10.1. The summed E-state index contributed by atoms with van der Waals surface area (Å²) in [5.74, 6) is 0. The molecule has 0 amide bonds. The molecule has 6 nitrogen and oxygen atoms in total. The summed E-state index contributed by atoms with van der Waals surface area (Å²) in [5.41, 5.74) is 0.438. The molecule has 0 rings (SSSR count). The van der Waals surface area contributed by atoms with E-state index in [1.54, 1.807) is 14.2 Å². The average Bonchev–Trinajstić information content (AvgIpc) is 2.17. The summed E-state index contributed by atoms with van der Waals surface area (Å²) in [6.45, 7) is 3.99. The Morgan fingerprint density at radius 1 is 1.53 bits per heavy atom. The van der Waals surface area contributed by atoms with Crippen molar-refractivity contribution in [3.8, 4) is 0 Å². The van der Waals surface area contributed by atoms with Gasteiger partial charge in [0.05, 0.1) is 5.70 Å². The average molecular weight is 234 g/mol. The molecule has 0 aliphatic rings. The quantitative estimate of drug-likeness (QED) is 0.268. The molecule has 0 spiro atoms. The third-order valence-corrected chi connectivity index (χ3v) is 3.77. The lowest BCUT2D eigenvalue weighted by atomic mass is 10.4. The van der Waals surface area contributed by atoms with E-state index in [2.05, 4.69) is 11.9 Å². The van der Waals surface area contributed by atoms with Gasteiger partial charge >= 0.3 is 9.28 Å². The van der Waals surface area contributed by atoms with Gasteiger partial charge < -0.3 is 14.2 Å². The largest absolute Gasteiger partial charge is 0.400 e. The van der Waals surface area contributed by atoms with E-state index in [1.807, 2.05) is 0 Å². The van der Waals surface area contributed by atoms with Gasteiger partial charge in [0.25, 0.3) is 0 Å². The first-order valence-electron chi connectivity index (χ1n) is 4.69. The number of nitro groups is 1. The molecular weight excluding hydrogens is 216 g/mol. The lowest BCUT2D eigenvalue weighted by molar-refractivity contribution is -0.471. The molecule has 0 bridgehead atoms. The monoisotopic (exact) mass is 234 g/mol. The van der Waals surface area contributed by atoms with Gasteiger partial charge in [-0.15, -0.1) is 0 Å². The molecule has 15 heavy (non-hydrogen) atoms. The number of nitrogens with zero attached hydrogens (tertiary/aromatic N) is 1. The van der Waals surface area contributed by atoms with E-state index < -0.39 is 14.2 Å². The van der Waals surface area contributed by atoms with Crippen LogP contribution in [0.25, 0.3) is 0 Å². The Bertz CT molecular complexity index is 209. The van der Waals surface area contributed by atoms with E-state index in [1.165, 1.54) is 0 Å². The van der Waals surface area contributed by atoms with Crippen molar-refractivity contribution < 1.29 is 13.8 Å². The Hall–Kier alpha value is -0.923. The zero-order chi connectivity index (χ0) is 11.7. The third-order valence-electron chi connectivity index (χ3n) is 1.84. The number of nitrogens with one attached hydrogen (secondary N) is 1. The predicted molar refractivity (Wildman–Crippen MR) is 59.6 cm³/mol. The van der Waals surface area contributed by atoms with Gasteiger partial charge in [0.15, 0.2) is 0 Å². The van der Waals surface area contributed by atoms with Gasteiger partial charge in [-0.3, -0.25) is 10.1 Å². The predicted octanol–water partition coefficient (Wildman–Crippen LogP) is 0.270. The Labute approximate surface area is 91.3 Å². The maximum Gasteiger partial charge on any atom is 0.320 e. The van der Waals surface area contributed by atoms with Crippen LogP contribution in [0.15, 0.2) is 12.3 Å². The number of rotatable bonds is 9. The van der Waals surface area contributed by atoms with E-state index in [9.17, 15) is 10.1 Å². The Morgan fingerprint density at radius 3 is 2.60 bits per heavy atom. The summed E-state index contributed by atoms with van der Waals surface area (Å²) in [6, 6.07) is 0.881. The van der Waals surface area contributed by atoms with Crippen LogP contribution in [0.4, 0.5) is 0 Å². The molecule has 0 aromatic carbocycles. The minimum Gasteiger partial charge on any atom is -0.400 e. The van der Waals surface area contributed by atoms with Crippen LogP contribution in [-0.4, -0.2) is 41.5 Å². The van der Waals surface area contributed by atoms with Crippen molar-refractivity contribution in [2.45, 2.75) is 12.5 Å². The highest BCUT2D eigenvalue weighted by molar-refractivity contribution is 6.44. The van der Waals surface area contributed by atoms with E-state index in [-0.39, 0.29) is 6.54 Å². The Kier molecular flexibility index (Phi) is 7.87. The normalized spacial score (nSPS) is 10.3. The summed E-state index contributed by atoms with van der Waals surface area (Å²) >= 11 is 0. The fourth-order valence-electron chi connectivity index (χ4n) is 1.08. The van der Waals surface area contributed by atoms with Crippen molar-refractivity contribution >= 4 is 9.28 Å². The van der Waals surface area contributed by atoms with Gasteiger partial charge in [-0.05, 0) is 12.5 Å². The van der Waals surface area contributed by atoms with Crippen molar-refractivity contribution in [2.75, 3.05) is 27.3 Å². The molecule has 0 heterocycles. The van der Waals surface area contributed by atoms with Gasteiger partial charge in [-0.1, -0.05) is 6.58 Å².